The predicted molar refractivity (Wildman–Crippen MR) is 70.4 cm³/mol. The first-order chi connectivity index (χ1) is 9.15. The van der Waals surface area contributed by atoms with Gasteiger partial charge >= 0.3 is 5.97 Å². The monoisotopic (exact) mass is 263 g/mol. The highest BCUT2D eigenvalue weighted by Gasteiger charge is 2.20. The Morgan fingerprint density at radius 2 is 1.74 bits per heavy atom. The summed E-state index contributed by atoms with van der Waals surface area (Å²) >= 11 is 0. The van der Waals surface area contributed by atoms with Gasteiger partial charge < -0.3 is 4.74 Å². The van der Waals surface area contributed by atoms with Gasteiger partial charge in [0, 0.05) is 0 Å². The van der Waals surface area contributed by atoms with E-state index in [0.29, 0.717) is 5.56 Å². The van der Waals surface area contributed by atoms with E-state index in [0.717, 1.165) is 37.5 Å². The topological polar surface area (TPSA) is 44.8 Å². The van der Waals surface area contributed by atoms with Gasteiger partial charge in [-0.2, -0.15) is 4.89 Å². The van der Waals surface area contributed by atoms with Crippen molar-refractivity contribution in [3.63, 3.8) is 0 Å². The van der Waals surface area contributed by atoms with Gasteiger partial charge in [0.1, 0.15) is 11.9 Å². The van der Waals surface area contributed by atoms with Crippen LogP contribution in [-0.2, 0) is 9.78 Å². The lowest BCUT2D eigenvalue weighted by Gasteiger charge is -2.10. The Morgan fingerprint density at radius 3 is 2.32 bits per heavy atom. The lowest BCUT2D eigenvalue weighted by molar-refractivity contribution is -0.234. The van der Waals surface area contributed by atoms with E-state index in [9.17, 15) is 4.79 Å². The molecule has 1 aromatic carbocycles. The second-order valence-electron chi connectivity index (χ2n) is 4.89. The fourth-order valence-corrected chi connectivity index (χ4v) is 1.94. The van der Waals surface area contributed by atoms with Crippen molar-refractivity contribution >= 4 is 5.97 Å². The molecule has 103 valence electrons. The molecule has 1 aliphatic rings. The van der Waals surface area contributed by atoms with Gasteiger partial charge in [0.25, 0.3) is 0 Å². The molecule has 0 heterocycles. The molecule has 0 N–H and O–H groups in total. The molecule has 0 aromatic heterocycles. The SMILES string of the molecule is CC(C)Oc1ccc(C(=O)OO[C]2CCCC2)cc1. The fourth-order valence-electron chi connectivity index (χ4n) is 1.94. The largest absolute Gasteiger partial charge is 0.491 e. The van der Waals surface area contributed by atoms with Crippen molar-refractivity contribution in [1.82, 2.24) is 0 Å². The normalized spacial score (nSPS) is 15.7. The molecular formula is C15H19O4. The van der Waals surface area contributed by atoms with Crippen molar-refractivity contribution in [1.29, 1.82) is 0 Å². The molecule has 1 aromatic rings. The summed E-state index contributed by atoms with van der Waals surface area (Å²) in [5.74, 6) is 0.258. The van der Waals surface area contributed by atoms with E-state index in [1.54, 1.807) is 24.3 Å². The van der Waals surface area contributed by atoms with Crippen LogP contribution in [0.2, 0.25) is 0 Å². The van der Waals surface area contributed by atoms with E-state index in [-0.39, 0.29) is 6.10 Å². The quantitative estimate of drug-likeness (QED) is 0.600. The molecule has 4 nitrogen and oxygen atoms in total. The molecule has 1 aliphatic carbocycles. The molecule has 1 saturated carbocycles. The van der Waals surface area contributed by atoms with Gasteiger partial charge in [-0.25, -0.2) is 4.79 Å². The third-order valence-electron chi connectivity index (χ3n) is 2.86. The summed E-state index contributed by atoms with van der Waals surface area (Å²) in [5, 5.41) is 0. The Labute approximate surface area is 113 Å². The van der Waals surface area contributed by atoms with Crippen molar-refractivity contribution < 1.29 is 19.3 Å². The molecule has 0 bridgehead atoms. The summed E-state index contributed by atoms with van der Waals surface area (Å²) < 4.78 is 5.50. The molecule has 19 heavy (non-hydrogen) atoms. The molecule has 1 radical (unpaired) electrons. The summed E-state index contributed by atoms with van der Waals surface area (Å²) in [7, 11) is 0. The molecule has 4 heteroatoms. The summed E-state index contributed by atoms with van der Waals surface area (Å²) in [6.45, 7) is 3.91. The highest BCUT2D eigenvalue weighted by Crippen LogP contribution is 2.28. The van der Waals surface area contributed by atoms with Crippen molar-refractivity contribution in [2.24, 2.45) is 0 Å². The number of rotatable bonds is 5. The van der Waals surface area contributed by atoms with Crippen molar-refractivity contribution in [3.05, 3.63) is 35.9 Å². The van der Waals surface area contributed by atoms with Crippen molar-refractivity contribution in [2.45, 2.75) is 45.6 Å². The van der Waals surface area contributed by atoms with Crippen LogP contribution in [0.4, 0.5) is 0 Å². The van der Waals surface area contributed by atoms with Crippen LogP contribution in [0, 0.1) is 6.10 Å². The lowest BCUT2D eigenvalue weighted by Crippen LogP contribution is -2.09. The Hall–Kier alpha value is -1.55. The molecule has 2 rings (SSSR count). The van der Waals surface area contributed by atoms with Crippen LogP contribution >= 0.6 is 0 Å². The molecule has 0 unspecified atom stereocenters. The summed E-state index contributed by atoms with van der Waals surface area (Å²) in [5.41, 5.74) is 0.453. The zero-order valence-electron chi connectivity index (χ0n) is 11.3. The van der Waals surface area contributed by atoms with E-state index in [1.807, 2.05) is 13.8 Å². The maximum absolute atomic E-state index is 11.7. The highest BCUT2D eigenvalue weighted by molar-refractivity contribution is 5.89. The van der Waals surface area contributed by atoms with E-state index in [2.05, 4.69) is 0 Å². The number of hydrogen-bond acceptors (Lipinski definition) is 4. The third-order valence-corrected chi connectivity index (χ3v) is 2.86. The van der Waals surface area contributed by atoms with Crippen LogP contribution in [0.25, 0.3) is 0 Å². The van der Waals surface area contributed by atoms with Gasteiger partial charge in [-0.05, 0) is 51.0 Å². The van der Waals surface area contributed by atoms with Gasteiger partial charge in [0.15, 0.2) is 0 Å². The Balaban J connectivity index is 1.84. The van der Waals surface area contributed by atoms with Crippen LogP contribution in [-0.4, -0.2) is 12.1 Å². The van der Waals surface area contributed by atoms with Gasteiger partial charge in [-0.1, -0.05) is 12.8 Å². The molecule has 0 saturated heterocycles. The fraction of sp³-hybridized carbons (Fsp3) is 0.467. The second-order valence-corrected chi connectivity index (χ2v) is 4.89. The number of ether oxygens (including phenoxy) is 1. The summed E-state index contributed by atoms with van der Waals surface area (Å²) in [4.78, 5) is 21.6. The number of carbonyl (C=O) groups is 1. The zero-order valence-corrected chi connectivity index (χ0v) is 11.3. The second kappa shape index (κ2) is 6.57. The Kier molecular flexibility index (Phi) is 4.80. The predicted octanol–water partition coefficient (Wildman–Crippen LogP) is 3.67. The smallest absolute Gasteiger partial charge is 0.373 e. The van der Waals surface area contributed by atoms with Crippen molar-refractivity contribution in [3.8, 4) is 5.75 Å². The Bertz CT molecular complexity index is 405. The van der Waals surface area contributed by atoms with Crippen LogP contribution in [0.15, 0.2) is 24.3 Å². The number of benzene rings is 1. The van der Waals surface area contributed by atoms with Gasteiger partial charge in [0.05, 0.1) is 11.7 Å². The summed E-state index contributed by atoms with van der Waals surface area (Å²) in [6.07, 6.45) is 4.94. The summed E-state index contributed by atoms with van der Waals surface area (Å²) in [6, 6.07) is 6.84. The average Bonchev–Trinajstić information content (AvgIpc) is 2.89. The minimum atomic E-state index is -0.476. The van der Waals surface area contributed by atoms with Gasteiger partial charge in [0.2, 0.25) is 0 Å². The number of carbonyl (C=O) groups excluding carboxylic acids is 1. The zero-order chi connectivity index (χ0) is 13.7. The first-order valence-electron chi connectivity index (χ1n) is 6.65. The average molecular weight is 263 g/mol. The molecule has 0 amide bonds. The third kappa shape index (κ3) is 4.24. The number of hydrogen-bond donors (Lipinski definition) is 0. The highest BCUT2D eigenvalue weighted by atomic mass is 17.2. The van der Waals surface area contributed by atoms with Crippen LogP contribution < -0.4 is 4.74 Å². The van der Waals surface area contributed by atoms with Crippen LogP contribution in [0.3, 0.4) is 0 Å². The molecular weight excluding hydrogens is 244 g/mol. The first-order valence-corrected chi connectivity index (χ1v) is 6.65. The van der Waals surface area contributed by atoms with Gasteiger partial charge in [-0.15, -0.1) is 0 Å². The Morgan fingerprint density at radius 1 is 1.11 bits per heavy atom. The minimum Gasteiger partial charge on any atom is -0.491 e. The maximum Gasteiger partial charge on any atom is 0.373 e. The van der Waals surface area contributed by atoms with Gasteiger partial charge in [-0.3, -0.25) is 4.89 Å². The molecule has 0 spiro atoms. The molecule has 1 fully saturated rings. The van der Waals surface area contributed by atoms with Crippen LogP contribution in [0.1, 0.15) is 49.9 Å². The maximum atomic E-state index is 11.7. The van der Waals surface area contributed by atoms with E-state index in [4.69, 9.17) is 14.5 Å². The van der Waals surface area contributed by atoms with Crippen molar-refractivity contribution in [2.75, 3.05) is 0 Å². The lowest BCUT2D eigenvalue weighted by atomic mass is 10.2. The molecule has 0 atom stereocenters. The van der Waals surface area contributed by atoms with E-state index in [1.165, 1.54) is 0 Å². The first kappa shape index (κ1) is 13.9. The van der Waals surface area contributed by atoms with E-state index < -0.39 is 5.97 Å². The van der Waals surface area contributed by atoms with Crippen LogP contribution in [0.5, 0.6) is 5.75 Å². The molecule has 0 aliphatic heterocycles. The van der Waals surface area contributed by atoms with E-state index >= 15 is 0 Å². The standard InChI is InChI=1S/C15H19O4/c1-11(2)17-13-9-7-12(8-10-13)15(16)19-18-14-5-3-4-6-14/h7-11H,3-6H2,1-2H3. The minimum absolute atomic E-state index is 0.111.